The van der Waals surface area contributed by atoms with Crippen molar-refractivity contribution in [3.05, 3.63) is 35.9 Å². The summed E-state index contributed by atoms with van der Waals surface area (Å²) in [5.74, 6) is 0.298. The van der Waals surface area contributed by atoms with Gasteiger partial charge in [0.1, 0.15) is 0 Å². The van der Waals surface area contributed by atoms with Crippen LogP contribution >= 0.6 is 0 Å². The number of hydrogen-bond donors (Lipinski definition) is 2. The van der Waals surface area contributed by atoms with E-state index in [2.05, 4.69) is 15.5 Å². The predicted molar refractivity (Wildman–Crippen MR) is 54.7 cm³/mol. The minimum Gasteiger partial charge on any atom is -0.369 e. The van der Waals surface area contributed by atoms with Crippen molar-refractivity contribution in [1.29, 1.82) is 0 Å². The van der Waals surface area contributed by atoms with E-state index in [0.29, 0.717) is 5.96 Å². The van der Waals surface area contributed by atoms with Gasteiger partial charge in [-0.15, -0.1) is 0 Å². The minimum absolute atomic E-state index is 0.298. The summed E-state index contributed by atoms with van der Waals surface area (Å²) in [6.45, 7) is 0. The van der Waals surface area contributed by atoms with Crippen molar-refractivity contribution >= 4 is 12.2 Å². The number of guanidine groups is 1. The zero-order valence-electron chi connectivity index (χ0n) is 7.44. The molecule has 0 aliphatic rings. The summed E-state index contributed by atoms with van der Waals surface area (Å²) in [7, 11) is 1.60. The summed E-state index contributed by atoms with van der Waals surface area (Å²) in [5.41, 5.74) is 8.95. The van der Waals surface area contributed by atoms with Gasteiger partial charge in [-0.3, -0.25) is 4.99 Å². The summed E-state index contributed by atoms with van der Waals surface area (Å²) in [6, 6.07) is 9.73. The third kappa shape index (κ3) is 3.37. The number of rotatable bonds is 2. The van der Waals surface area contributed by atoms with E-state index >= 15 is 0 Å². The Morgan fingerprint density at radius 2 is 2.08 bits per heavy atom. The predicted octanol–water partition coefficient (Wildman–Crippen LogP) is 0.555. The number of nitrogens with one attached hydrogen (secondary N) is 1. The standard InChI is InChI=1S/C9H12N4/c1-11-9(10)13-12-7-8-5-3-2-4-6-8/h2-7H,1H3,(H3,10,11,13). The Balaban J connectivity index is 2.50. The highest BCUT2D eigenvalue weighted by Gasteiger charge is 1.84. The molecule has 4 nitrogen and oxygen atoms in total. The Hall–Kier alpha value is -1.84. The van der Waals surface area contributed by atoms with Crippen molar-refractivity contribution in [3.63, 3.8) is 0 Å². The molecule has 0 spiro atoms. The lowest BCUT2D eigenvalue weighted by atomic mass is 10.2. The fraction of sp³-hybridized carbons (Fsp3) is 0.111. The Kier molecular flexibility index (Phi) is 3.50. The lowest BCUT2D eigenvalue weighted by Crippen LogP contribution is -2.26. The summed E-state index contributed by atoms with van der Waals surface area (Å²) in [6.07, 6.45) is 1.68. The molecule has 0 unspecified atom stereocenters. The minimum atomic E-state index is 0.298. The Morgan fingerprint density at radius 1 is 1.38 bits per heavy atom. The van der Waals surface area contributed by atoms with Crippen LogP contribution in [-0.4, -0.2) is 19.2 Å². The van der Waals surface area contributed by atoms with Crippen LogP contribution in [0.25, 0.3) is 0 Å². The van der Waals surface area contributed by atoms with E-state index < -0.39 is 0 Å². The molecule has 0 fully saturated rings. The second-order valence-electron chi connectivity index (χ2n) is 2.39. The van der Waals surface area contributed by atoms with E-state index in [4.69, 9.17) is 5.73 Å². The van der Waals surface area contributed by atoms with Crippen molar-refractivity contribution in [3.8, 4) is 0 Å². The molecule has 0 aromatic heterocycles. The molecule has 1 rings (SSSR count). The molecule has 0 bridgehead atoms. The molecule has 1 aromatic rings. The lowest BCUT2D eigenvalue weighted by molar-refractivity contribution is 1.01. The van der Waals surface area contributed by atoms with Gasteiger partial charge in [-0.25, -0.2) is 5.43 Å². The molecule has 0 radical (unpaired) electrons. The quantitative estimate of drug-likeness (QED) is 0.393. The monoisotopic (exact) mass is 176 g/mol. The van der Waals surface area contributed by atoms with Crippen LogP contribution in [0.1, 0.15) is 5.56 Å². The first-order chi connectivity index (χ1) is 6.33. The fourth-order valence-electron chi connectivity index (χ4n) is 0.762. The summed E-state index contributed by atoms with van der Waals surface area (Å²) >= 11 is 0. The third-order valence-corrected chi connectivity index (χ3v) is 1.43. The van der Waals surface area contributed by atoms with Crippen LogP contribution in [0.4, 0.5) is 0 Å². The molecule has 68 valence electrons. The number of hydrogen-bond acceptors (Lipinski definition) is 2. The molecule has 4 heteroatoms. The maximum absolute atomic E-state index is 5.36. The Bertz CT molecular complexity index is 303. The molecule has 0 amide bonds. The SMILES string of the molecule is CN=C(N)NN=Cc1ccccc1. The normalized spacial score (nSPS) is 11.9. The molecule has 0 saturated carbocycles. The van der Waals surface area contributed by atoms with Gasteiger partial charge in [-0.1, -0.05) is 30.3 Å². The summed E-state index contributed by atoms with van der Waals surface area (Å²) in [4.78, 5) is 3.69. The average molecular weight is 176 g/mol. The molecule has 3 N–H and O–H groups in total. The van der Waals surface area contributed by atoms with Crippen LogP contribution in [0, 0.1) is 0 Å². The maximum atomic E-state index is 5.36. The molecule has 0 atom stereocenters. The van der Waals surface area contributed by atoms with E-state index in [1.807, 2.05) is 30.3 Å². The van der Waals surface area contributed by atoms with Gasteiger partial charge in [-0.2, -0.15) is 5.10 Å². The number of nitrogens with zero attached hydrogens (tertiary/aromatic N) is 2. The Labute approximate surface area is 77.2 Å². The van der Waals surface area contributed by atoms with E-state index in [-0.39, 0.29) is 0 Å². The first-order valence-electron chi connectivity index (χ1n) is 3.89. The average Bonchev–Trinajstić information content (AvgIpc) is 2.19. The maximum Gasteiger partial charge on any atom is 0.209 e. The van der Waals surface area contributed by atoms with E-state index in [1.54, 1.807) is 13.3 Å². The molecular formula is C9H12N4. The molecule has 0 heterocycles. The number of nitrogens with two attached hydrogens (primary N) is 1. The van der Waals surface area contributed by atoms with Gasteiger partial charge in [0.15, 0.2) is 0 Å². The van der Waals surface area contributed by atoms with Gasteiger partial charge in [0.25, 0.3) is 0 Å². The van der Waals surface area contributed by atoms with Crippen molar-refractivity contribution in [2.45, 2.75) is 0 Å². The Morgan fingerprint density at radius 3 is 2.69 bits per heavy atom. The van der Waals surface area contributed by atoms with Crippen LogP contribution in [0.5, 0.6) is 0 Å². The van der Waals surface area contributed by atoms with Gasteiger partial charge in [0, 0.05) is 7.05 Å². The summed E-state index contributed by atoms with van der Waals surface area (Å²) in [5, 5.41) is 3.88. The number of benzene rings is 1. The molecule has 0 saturated heterocycles. The second kappa shape index (κ2) is 4.92. The summed E-state index contributed by atoms with van der Waals surface area (Å²) < 4.78 is 0. The first kappa shape index (κ1) is 9.25. The van der Waals surface area contributed by atoms with Gasteiger partial charge in [0.2, 0.25) is 5.96 Å². The molecule has 1 aromatic carbocycles. The fourth-order valence-corrected chi connectivity index (χ4v) is 0.762. The highest BCUT2D eigenvalue weighted by Crippen LogP contribution is 1.92. The lowest BCUT2D eigenvalue weighted by Gasteiger charge is -1.95. The van der Waals surface area contributed by atoms with Crippen LogP contribution in [-0.2, 0) is 0 Å². The second-order valence-corrected chi connectivity index (χ2v) is 2.39. The molecule has 0 aliphatic carbocycles. The highest BCUT2D eigenvalue weighted by molar-refractivity contribution is 5.82. The van der Waals surface area contributed by atoms with Gasteiger partial charge in [-0.05, 0) is 5.56 Å². The van der Waals surface area contributed by atoms with Crippen LogP contribution in [0.3, 0.4) is 0 Å². The first-order valence-corrected chi connectivity index (χ1v) is 3.89. The van der Waals surface area contributed by atoms with Crippen molar-refractivity contribution in [2.75, 3.05) is 7.05 Å². The molecular weight excluding hydrogens is 164 g/mol. The molecule has 13 heavy (non-hydrogen) atoms. The van der Waals surface area contributed by atoms with Crippen LogP contribution in [0.15, 0.2) is 40.4 Å². The van der Waals surface area contributed by atoms with E-state index in [0.717, 1.165) is 5.56 Å². The zero-order chi connectivity index (χ0) is 9.52. The van der Waals surface area contributed by atoms with E-state index in [1.165, 1.54) is 0 Å². The van der Waals surface area contributed by atoms with Crippen LogP contribution in [0.2, 0.25) is 0 Å². The van der Waals surface area contributed by atoms with Gasteiger partial charge >= 0.3 is 0 Å². The third-order valence-electron chi connectivity index (χ3n) is 1.43. The number of hydrazone groups is 1. The molecule has 0 aliphatic heterocycles. The van der Waals surface area contributed by atoms with Gasteiger partial charge in [0.05, 0.1) is 6.21 Å². The van der Waals surface area contributed by atoms with Crippen LogP contribution < -0.4 is 11.2 Å². The van der Waals surface area contributed by atoms with E-state index in [9.17, 15) is 0 Å². The smallest absolute Gasteiger partial charge is 0.209 e. The highest BCUT2D eigenvalue weighted by atomic mass is 15.3. The zero-order valence-corrected chi connectivity index (χ0v) is 7.44. The van der Waals surface area contributed by atoms with Crippen molar-refractivity contribution < 1.29 is 0 Å². The largest absolute Gasteiger partial charge is 0.369 e. The van der Waals surface area contributed by atoms with Crippen molar-refractivity contribution in [2.24, 2.45) is 15.8 Å². The van der Waals surface area contributed by atoms with Gasteiger partial charge < -0.3 is 5.73 Å². The van der Waals surface area contributed by atoms with Crippen molar-refractivity contribution in [1.82, 2.24) is 5.43 Å². The number of aliphatic imine (C=N–C) groups is 1. The topological polar surface area (TPSA) is 62.8 Å².